The summed E-state index contributed by atoms with van der Waals surface area (Å²) in [4.78, 5) is 12.9. The first kappa shape index (κ1) is 18.5. The lowest BCUT2D eigenvalue weighted by atomic mass is 9.87. The van der Waals surface area contributed by atoms with Crippen molar-refractivity contribution in [2.45, 2.75) is 12.1 Å². The number of nitrogens with one attached hydrogen (secondary N) is 2. The van der Waals surface area contributed by atoms with Gasteiger partial charge in [-0.3, -0.25) is 4.79 Å². The van der Waals surface area contributed by atoms with Gasteiger partial charge in [0.2, 0.25) is 5.91 Å². The van der Waals surface area contributed by atoms with Crippen LogP contribution < -0.4 is 10.6 Å². The average molecular weight is 384 g/mol. The number of alkyl halides is 3. The molecule has 4 rings (SSSR count). The molecule has 2 N–H and O–H groups in total. The molecule has 0 spiro atoms. The molecular formula is C22H19F3N2O. The summed E-state index contributed by atoms with van der Waals surface area (Å²) < 4.78 is 38.4. The number of rotatable bonds is 3. The molecule has 0 aromatic heterocycles. The Morgan fingerprint density at radius 3 is 2.39 bits per heavy atom. The van der Waals surface area contributed by atoms with Crippen molar-refractivity contribution in [3.05, 3.63) is 77.9 Å². The quantitative estimate of drug-likeness (QED) is 0.681. The number of benzene rings is 3. The predicted octanol–water partition coefficient (Wildman–Crippen LogP) is 4.80. The first-order valence-corrected chi connectivity index (χ1v) is 9.10. The van der Waals surface area contributed by atoms with E-state index in [1.807, 2.05) is 42.5 Å². The maximum Gasteiger partial charge on any atom is 0.416 e. The lowest BCUT2D eigenvalue weighted by Crippen LogP contribution is -2.28. The van der Waals surface area contributed by atoms with E-state index in [0.29, 0.717) is 13.1 Å². The third kappa shape index (κ3) is 3.60. The van der Waals surface area contributed by atoms with E-state index in [9.17, 15) is 18.0 Å². The Morgan fingerprint density at radius 2 is 1.64 bits per heavy atom. The Morgan fingerprint density at radius 1 is 0.929 bits per heavy atom. The van der Waals surface area contributed by atoms with Crippen molar-refractivity contribution in [3.63, 3.8) is 0 Å². The minimum absolute atomic E-state index is 0.133. The van der Waals surface area contributed by atoms with Crippen molar-refractivity contribution in [2.75, 3.05) is 18.4 Å². The van der Waals surface area contributed by atoms with Gasteiger partial charge in [-0.05, 0) is 29.1 Å². The van der Waals surface area contributed by atoms with Crippen molar-refractivity contribution in [3.8, 4) is 0 Å². The average Bonchev–Trinajstić information content (AvgIpc) is 3.18. The van der Waals surface area contributed by atoms with Gasteiger partial charge in [0.1, 0.15) is 0 Å². The van der Waals surface area contributed by atoms with Crippen molar-refractivity contribution in [1.29, 1.82) is 0 Å². The van der Waals surface area contributed by atoms with Crippen LogP contribution >= 0.6 is 0 Å². The molecule has 0 radical (unpaired) electrons. The first-order valence-electron chi connectivity index (χ1n) is 9.10. The Hall–Kier alpha value is -2.86. The number of fused-ring (bicyclic) bond motifs is 1. The SMILES string of the molecule is O=C(Nc1cccc2ccccc12)C1CNC[C@H]1c1ccc(C(F)(F)F)cc1. The largest absolute Gasteiger partial charge is 0.416 e. The highest BCUT2D eigenvalue weighted by Gasteiger charge is 2.35. The highest BCUT2D eigenvalue weighted by molar-refractivity contribution is 6.03. The number of hydrogen-bond acceptors (Lipinski definition) is 2. The summed E-state index contributed by atoms with van der Waals surface area (Å²) in [6.45, 7) is 1.04. The molecule has 3 nitrogen and oxygen atoms in total. The van der Waals surface area contributed by atoms with E-state index in [4.69, 9.17) is 0 Å². The fraction of sp³-hybridized carbons (Fsp3) is 0.227. The van der Waals surface area contributed by atoms with Gasteiger partial charge in [0.05, 0.1) is 11.5 Å². The Bertz CT molecular complexity index is 993. The van der Waals surface area contributed by atoms with E-state index in [0.717, 1.165) is 34.2 Å². The molecule has 6 heteroatoms. The second-order valence-electron chi connectivity index (χ2n) is 7.01. The molecule has 1 saturated heterocycles. The van der Waals surface area contributed by atoms with E-state index in [1.54, 1.807) is 0 Å². The Labute approximate surface area is 160 Å². The van der Waals surface area contributed by atoms with Gasteiger partial charge in [-0.2, -0.15) is 13.2 Å². The molecule has 0 saturated carbocycles. The second kappa shape index (κ2) is 7.28. The van der Waals surface area contributed by atoms with Crippen LogP contribution in [0.4, 0.5) is 18.9 Å². The third-order valence-corrected chi connectivity index (χ3v) is 5.26. The summed E-state index contributed by atoms with van der Waals surface area (Å²) in [5.41, 5.74) is 0.788. The van der Waals surface area contributed by atoms with Gasteiger partial charge in [0.25, 0.3) is 0 Å². The minimum Gasteiger partial charge on any atom is -0.325 e. The van der Waals surface area contributed by atoms with E-state index in [1.165, 1.54) is 12.1 Å². The molecule has 1 aliphatic heterocycles. The first-order chi connectivity index (χ1) is 13.4. The second-order valence-corrected chi connectivity index (χ2v) is 7.01. The molecule has 3 aromatic carbocycles. The molecular weight excluding hydrogens is 365 g/mol. The van der Waals surface area contributed by atoms with Gasteiger partial charge in [-0.1, -0.05) is 48.5 Å². The molecule has 1 fully saturated rings. The standard InChI is InChI=1S/C22H19F3N2O/c23-22(24,25)16-10-8-15(9-11-16)18-12-26-13-19(18)21(28)27-20-7-3-5-14-4-1-2-6-17(14)20/h1-11,18-19,26H,12-13H2,(H,27,28)/t18-,19?/m0/s1. The maximum atomic E-state index is 12.9. The van der Waals surface area contributed by atoms with Gasteiger partial charge in [-0.15, -0.1) is 0 Å². The van der Waals surface area contributed by atoms with Crippen LogP contribution in [0.2, 0.25) is 0 Å². The third-order valence-electron chi connectivity index (χ3n) is 5.26. The molecule has 0 aliphatic carbocycles. The monoisotopic (exact) mass is 384 g/mol. The van der Waals surface area contributed by atoms with E-state index < -0.39 is 11.7 Å². The number of hydrogen-bond donors (Lipinski definition) is 2. The molecule has 2 atom stereocenters. The summed E-state index contributed by atoms with van der Waals surface area (Å²) in [5, 5.41) is 8.18. The van der Waals surface area contributed by atoms with Crippen LogP contribution in [0.3, 0.4) is 0 Å². The fourth-order valence-corrected chi connectivity index (χ4v) is 3.78. The van der Waals surface area contributed by atoms with Crippen LogP contribution in [0.15, 0.2) is 66.7 Å². The van der Waals surface area contributed by atoms with Crippen LogP contribution in [-0.2, 0) is 11.0 Å². The van der Waals surface area contributed by atoms with Gasteiger partial charge in [0.15, 0.2) is 0 Å². The summed E-state index contributed by atoms with van der Waals surface area (Å²) in [6, 6.07) is 18.6. The summed E-state index contributed by atoms with van der Waals surface area (Å²) >= 11 is 0. The van der Waals surface area contributed by atoms with Crippen LogP contribution in [0, 0.1) is 5.92 Å². The number of amides is 1. The number of carbonyl (C=O) groups is 1. The molecule has 1 amide bonds. The maximum absolute atomic E-state index is 12.9. The molecule has 0 bridgehead atoms. The number of halogens is 3. The van der Waals surface area contributed by atoms with Crippen molar-refractivity contribution >= 4 is 22.4 Å². The summed E-state index contributed by atoms with van der Waals surface area (Å²) in [5.74, 6) is -0.654. The minimum atomic E-state index is -4.36. The van der Waals surface area contributed by atoms with Gasteiger partial charge >= 0.3 is 6.18 Å². The molecule has 144 valence electrons. The van der Waals surface area contributed by atoms with Crippen molar-refractivity contribution in [2.24, 2.45) is 5.92 Å². The Kier molecular flexibility index (Phi) is 4.81. The smallest absolute Gasteiger partial charge is 0.325 e. The summed E-state index contributed by atoms with van der Waals surface area (Å²) in [6.07, 6.45) is -4.36. The van der Waals surface area contributed by atoms with E-state index in [2.05, 4.69) is 10.6 Å². The molecule has 1 heterocycles. The molecule has 3 aromatic rings. The zero-order valence-electron chi connectivity index (χ0n) is 15.0. The fourth-order valence-electron chi connectivity index (χ4n) is 3.78. The van der Waals surface area contributed by atoms with Gasteiger partial charge in [-0.25, -0.2) is 0 Å². The van der Waals surface area contributed by atoms with Crippen molar-refractivity contribution < 1.29 is 18.0 Å². The molecule has 1 unspecified atom stereocenters. The molecule has 1 aliphatic rings. The normalized spacial score (nSPS) is 19.7. The lowest BCUT2D eigenvalue weighted by molar-refractivity contribution is -0.137. The highest BCUT2D eigenvalue weighted by atomic mass is 19.4. The van der Waals surface area contributed by atoms with Crippen LogP contribution in [0.25, 0.3) is 10.8 Å². The number of anilines is 1. The van der Waals surface area contributed by atoms with Crippen LogP contribution in [0.1, 0.15) is 17.0 Å². The van der Waals surface area contributed by atoms with Crippen molar-refractivity contribution in [1.82, 2.24) is 5.32 Å². The van der Waals surface area contributed by atoms with Gasteiger partial charge in [0, 0.05) is 30.1 Å². The van der Waals surface area contributed by atoms with Crippen LogP contribution in [-0.4, -0.2) is 19.0 Å². The topological polar surface area (TPSA) is 41.1 Å². The number of carbonyl (C=O) groups excluding carboxylic acids is 1. The highest BCUT2D eigenvalue weighted by Crippen LogP contribution is 2.34. The van der Waals surface area contributed by atoms with E-state index >= 15 is 0 Å². The zero-order valence-corrected chi connectivity index (χ0v) is 15.0. The van der Waals surface area contributed by atoms with Gasteiger partial charge < -0.3 is 10.6 Å². The van der Waals surface area contributed by atoms with E-state index in [-0.39, 0.29) is 17.7 Å². The Balaban J connectivity index is 1.55. The lowest BCUT2D eigenvalue weighted by Gasteiger charge is -2.20. The molecule has 28 heavy (non-hydrogen) atoms. The predicted molar refractivity (Wildman–Crippen MR) is 103 cm³/mol. The van der Waals surface area contributed by atoms with Crippen LogP contribution in [0.5, 0.6) is 0 Å². The summed E-state index contributed by atoms with van der Waals surface area (Å²) in [7, 11) is 0. The zero-order chi connectivity index (χ0) is 19.7.